The number of aromatic nitrogens is 2. The fourth-order valence-corrected chi connectivity index (χ4v) is 3.85. The number of hydrazine groups is 1. The van der Waals surface area contributed by atoms with E-state index in [1.807, 2.05) is 0 Å². The molecular formula is C14H17N5S2. The minimum Gasteiger partial charge on any atom is -0.363 e. The van der Waals surface area contributed by atoms with Crippen LogP contribution in [0.25, 0.3) is 10.2 Å². The van der Waals surface area contributed by atoms with Crippen LogP contribution in [0.15, 0.2) is 22.9 Å². The second kappa shape index (κ2) is 5.97. The Kier molecular flexibility index (Phi) is 4.05. The minimum absolute atomic E-state index is 0.185. The molecule has 0 saturated heterocycles. The number of nitrogens with two attached hydrogens (primary N) is 1. The quantitative estimate of drug-likeness (QED) is 0.493. The molecular weight excluding hydrogens is 302 g/mol. The number of nitrogens with one attached hydrogen (secondary N) is 2. The monoisotopic (exact) mass is 319 g/mol. The number of thiophene rings is 2. The SMILES string of the molecule is CCc1cc2c(NC(C)c3ccsc3)nc(NN)nc2s1. The number of aryl methyl sites for hydroxylation is 1. The Balaban J connectivity index is 2.01. The van der Waals surface area contributed by atoms with Gasteiger partial charge in [0.1, 0.15) is 10.6 Å². The van der Waals surface area contributed by atoms with Crippen molar-refractivity contribution in [2.24, 2.45) is 5.84 Å². The Morgan fingerprint density at radius 1 is 1.38 bits per heavy atom. The van der Waals surface area contributed by atoms with Gasteiger partial charge in [-0.25, -0.2) is 10.8 Å². The summed E-state index contributed by atoms with van der Waals surface area (Å²) < 4.78 is 0. The molecule has 0 bridgehead atoms. The van der Waals surface area contributed by atoms with Gasteiger partial charge < -0.3 is 5.32 Å². The molecule has 0 saturated carbocycles. The first-order valence-electron chi connectivity index (χ1n) is 6.77. The highest BCUT2D eigenvalue weighted by molar-refractivity contribution is 7.18. The number of nitrogen functional groups attached to an aromatic ring is 1. The van der Waals surface area contributed by atoms with Crippen LogP contribution in [-0.2, 0) is 6.42 Å². The number of fused-ring (bicyclic) bond motifs is 1. The Morgan fingerprint density at radius 2 is 2.24 bits per heavy atom. The van der Waals surface area contributed by atoms with Crippen molar-refractivity contribution >= 4 is 44.7 Å². The van der Waals surface area contributed by atoms with Crippen LogP contribution in [0.3, 0.4) is 0 Å². The van der Waals surface area contributed by atoms with Crippen molar-refractivity contribution < 1.29 is 0 Å². The van der Waals surface area contributed by atoms with Crippen molar-refractivity contribution in [2.75, 3.05) is 10.7 Å². The third-order valence-electron chi connectivity index (χ3n) is 3.32. The maximum atomic E-state index is 5.48. The Labute approximate surface area is 131 Å². The molecule has 0 aromatic carbocycles. The van der Waals surface area contributed by atoms with Gasteiger partial charge in [-0.3, -0.25) is 5.43 Å². The fourth-order valence-electron chi connectivity index (χ4n) is 2.13. The highest BCUT2D eigenvalue weighted by atomic mass is 32.1. The summed E-state index contributed by atoms with van der Waals surface area (Å²) in [6.45, 7) is 4.26. The van der Waals surface area contributed by atoms with Gasteiger partial charge in [0.05, 0.1) is 11.4 Å². The smallest absolute Gasteiger partial charge is 0.240 e. The van der Waals surface area contributed by atoms with Crippen molar-refractivity contribution in [3.63, 3.8) is 0 Å². The Morgan fingerprint density at radius 3 is 2.90 bits per heavy atom. The van der Waals surface area contributed by atoms with Gasteiger partial charge in [0.2, 0.25) is 5.95 Å². The molecule has 0 spiro atoms. The summed E-state index contributed by atoms with van der Waals surface area (Å²) in [7, 11) is 0. The van der Waals surface area contributed by atoms with Gasteiger partial charge in [0.25, 0.3) is 0 Å². The summed E-state index contributed by atoms with van der Waals surface area (Å²) in [6, 6.07) is 4.46. The molecule has 0 aliphatic rings. The first-order valence-corrected chi connectivity index (χ1v) is 8.53. The van der Waals surface area contributed by atoms with Crippen LogP contribution in [0.2, 0.25) is 0 Å². The minimum atomic E-state index is 0.185. The van der Waals surface area contributed by atoms with Gasteiger partial charge in [0, 0.05) is 4.88 Å². The van der Waals surface area contributed by atoms with Crippen molar-refractivity contribution in [1.82, 2.24) is 9.97 Å². The molecule has 1 atom stereocenters. The summed E-state index contributed by atoms with van der Waals surface area (Å²) in [5.41, 5.74) is 3.79. The number of anilines is 2. The van der Waals surface area contributed by atoms with Crippen LogP contribution in [-0.4, -0.2) is 9.97 Å². The maximum Gasteiger partial charge on any atom is 0.240 e. The number of nitrogens with zero attached hydrogens (tertiary/aromatic N) is 2. The normalized spacial score (nSPS) is 12.5. The lowest BCUT2D eigenvalue weighted by Crippen LogP contribution is -2.13. The van der Waals surface area contributed by atoms with E-state index >= 15 is 0 Å². The van der Waals surface area contributed by atoms with Crippen LogP contribution in [0.1, 0.15) is 30.3 Å². The molecule has 4 N–H and O–H groups in total. The summed E-state index contributed by atoms with van der Waals surface area (Å²) in [5, 5.41) is 8.74. The van der Waals surface area contributed by atoms with Crippen LogP contribution >= 0.6 is 22.7 Å². The molecule has 0 amide bonds. The molecule has 0 aliphatic carbocycles. The highest BCUT2D eigenvalue weighted by Crippen LogP contribution is 2.32. The van der Waals surface area contributed by atoms with E-state index in [-0.39, 0.29) is 6.04 Å². The molecule has 3 rings (SSSR count). The van der Waals surface area contributed by atoms with Gasteiger partial charge in [-0.2, -0.15) is 16.3 Å². The lowest BCUT2D eigenvalue weighted by molar-refractivity contribution is 0.881. The molecule has 110 valence electrons. The van der Waals surface area contributed by atoms with E-state index in [2.05, 4.69) is 57.5 Å². The molecule has 3 heterocycles. The fraction of sp³-hybridized carbons (Fsp3) is 0.286. The predicted molar refractivity (Wildman–Crippen MR) is 91.0 cm³/mol. The van der Waals surface area contributed by atoms with Gasteiger partial charge in [0.15, 0.2) is 0 Å². The van der Waals surface area contributed by atoms with Crippen LogP contribution in [0, 0.1) is 0 Å². The average molecular weight is 319 g/mol. The zero-order valence-corrected chi connectivity index (χ0v) is 13.5. The van der Waals surface area contributed by atoms with Gasteiger partial charge in [-0.1, -0.05) is 6.92 Å². The van der Waals surface area contributed by atoms with E-state index in [0.29, 0.717) is 5.95 Å². The van der Waals surface area contributed by atoms with Gasteiger partial charge in [-0.15, -0.1) is 11.3 Å². The van der Waals surface area contributed by atoms with Crippen LogP contribution < -0.4 is 16.6 Å². The first-order chi connectivity index (χ1) is 10.2. The molecule has 0 radical (unpaired) electrons. The van der Waals surface area contributed by atoms with Crippen molar-refractivity contribution in [2.45, 2.75) is 26.3 Å². The molecule has 1 unspecified atom stereocenters. The lowest BCUT2D eigenvalue weighted by atomic mass is 10.2. The number of hydrogen-bond donors (Lipinski definition) is 3. The van der Waals surface area contributed by atoms with Crippen molar-refractivity contribution in [3.8, 4) is 0 Å². The van der Waals surface area contributed by atoms with E-state index in [1.54, 1.807) is 22.7 Å². The van der Waals surface area contributed by atoms with Gasteiger partial charge in [-0.05, 0) is 41.8 Å². The van der Waals surface area contributed by atoms with E-state index < -0.39 is 0 Å². The third-order valence-corrected chi connectivity index (χ3v) is 5.19. The lowest BCUT2D eigenvalue weighted by Gasteiger charge is -2.14. The number of hydrogen-bond acceptors (Lipinski definition) is 7. The second-order valence-electron chi connectivity index (χ2n) is 4.75. The summed E-state index contributed by atoms with van der Waals surface area (Å²) in [4.78, 5) is 11.1. The zero-order valence-electron chi connectivity index (χ0n) is 11.9. The Hall–Kier alpha value is -1.70. The van der Waals surface area contributed by atoms with E-state index in [0.717, 1.165) is 22.5 Å². The summed E-state index contributed by atoms with van der Waals surface area (Å²) in [6.07, 6.45) is 0.992. The topological polar surface area (TPSA) is 75.9 Å². The van der Waals surface area contributed by atoms with Crippen LogP contribution in [0.4, 0.5) is 11.8 Å². The standard InChI is InChI=1S/C14H17N5S2/c1-3-10-6-11-12(16-8(2)9-4-5-20-7-9)17-14(19-15)18-13(11)21-10/h4-8H,3,15H2,1-2H3,(H2,16,17,18,19). The van der Waals surface area contributed by atoms with E-state index in [1.165, 1.54) is 10.4 Å². The summed E-state index contributed by atoms with van der Waals surface area (Å²) in [5.74, 6) is 6.74. The maximum absolute atomic E-state index is 5.48. The average Bonchev–Trinajstić information content (AvgIpc) is 3.15. The Bertz CT molecular complexity index is 735. The van der Waals surface area contributed by atoms with E-state index in [9.17, 15) is 0 Å². The van der Waals surface area contributed by atoms with E-state index in [4.69, 9.17) is 5.84 Å². The highest BCUT2D eigenvalue weighted by Gasteiger charge is 2.14. The molecule has 0 aliphatic heterocycles. The zero-order chi connectivity index (χ0) is 14.8. The summed E-state index contributed by atoms with van der Waals surface area (Å²) >= 11 is 3.38. The predicted octanol–water partition coefficient (Wildman–Crippen LogP) is 3.77. The van der Waals surface area contributed by atoms with Crippen LogP contribution in [0.5, 0.6) is 0 Å². The third kappa shape index (κ3) is 2.85. The molecule has 21 heavy (non-hydrogen) atoms. The van der Waals surface area contributed by atoms with Crippen molar-refractivity contribution in [3.05, 3.63) is 33.3 Å². The largest absolute Gasteiger partial charge is 0.363 e. The second-order valence-corrected chi connectivity index (χ2v) is 6.64. The number of rotatable bonds is 5. The molecule has 7 heteroatoms. The molecule has 5 nitrogen and oxygen atoms in total. The van der Waals surface area contributed by atoms with Crippen molar-refractivity contribution in [1.29, 1.82) is 0 Å². The molecule has 3 aromatic rings. The molecule has 0 fully saturated rings. The molecule has 3 aromatic heterocycles. The first kappa shape index (κ1) is 14.2. The van der Waals surface area contributed by atoms with Gasteiger partial charge >= 0.3 is 0 Å².